The molecule has 1 aromatic rings. The van der Waals surface area contributed by atoms with Gasteiger partial charge in [0.2, 0.25) is 5.88 Å². The number of aliphatic imine (C=N–C) groups is 1. The summed E-state index contributed by atoms with van der Waals surface area (Å²) in [6.07, 6.45) is 1.26. The van der Waals surface area contributed by atoms with Crippen LogP contribution in [0.4, 0.5) is 14.5 Å². The molecule has 0 unspecified atom stereocenters. The molecule has 0 amide bonds. The zero-order chi connectivity index (χ0) is 9.68. The monoisotopic (exact) mass is 202 g/mol. The van der Waals surface area contributed by atoms with Gasteiger partial charge in [-0.2, -0.15) is 13.8 Å². The van der Waals surface area contributed by atoms with E-state index in [1.807, 2.05) is 0 Å². The molecule has 0 radical (unpaired) electrons. The number of alkyl halides is 2. The molecule has 1 rings (SSSR count). The van der Waals surface area contributed by atoms with E-state index in [1.165, 1.54) is 18.3 Å². The fraction of sp³-hybridized carbons (Fsp3) is 0.143. The highest BCUT2D eigenvalue weighted by atomic mass is 32.1. The highest BCUT2D eigenvalue weighted by Crippen LogP contribution is 2.15. The summed E-state index contributed by atoms with van der Waals surface area (Å²) in [6, 6.07) is 2.72. The number of aromatic nitrogens is 1. The Labute approximate surface area is 78.1 Å². The number of rotatable bonds is 3. The van der Waals surface area contributed by atoms with Crippen LogP contribution in [0.15, 0.2) is 23.3 Å². The van der Waals surface area contributed by atoms with Crippen molar-refractivity contribution in [3.8, 4) is 5.88 Å². The lowest BCUT2D eigenvalue weighted by molar-refractivity contribution is -0.0528. The average Bonchev–Trinajstić information content (AvgIpc) is 2.08. The lowest BCUT2D eigenvalue weighted by Gasteiger charge is -2.01. The van der Waals surface area contributed by atoms with Crippen molar-refractivity contribution in [2.45, 2.75) is 6.61 Å². The van der Waals surface area contributed by atoms with E-state index in [-0.39, 0.29) is 5.88 Å². The van der Waals surface area contributed by atoms with E-state index in [9.17, 15) is 8.78 Å². The largest absolute Gasteiger partial charge is 0.417 e. The van der Waals surface area contributed by atoms with Gasteiger partial charge in [0.25, 0.3) is 0 Å². The highest BCUT2D eigenvalue weighted by Gasteiger charge is 2.04. The predicted molar refractivity (Wildman–Crippen MR) is 45.6 cm³/mol. The molecule has 0 fully saturated rings. The lowest BCUT2D eigenvalue weighted by Crippen LogP contribution is -2.02. The van der Waals surface area contributed by atoms with Gasteiger partial charge in [-0.25, -0.2) is 4.98 Å². The highest BCUT2D eigenvalue weighted by molar-refractivity contribution is 7.78. The first kappa shape index (κ1) is 9.70. The summed E-state index contributed by atoms with van der Waals surface area (Å²) in [5, 5.41) is 2.12. The molecule has 0 N–H and O–H groups in total. The van der Waals surface area contributed by atoms with Gasteiger partial charge in [0.1, 0.15) is 0 Å². The Bertz CT molecular complexity index is 322. The Morgan fingerprint density at radius 1 is 1.54 bits per heavy atom. The van der Waals surface area contributed by atoms with Gasteiger partial charge in [0.15, 0.2) is 0 Å². The summed E-state index contributed by atoms with van der Waals surface area (Å²) in [4.78, 5) is 7.14. The Kier molecular flexibility index (Phi) is 3.42. The van der Waals surface area contributed by atoms with E-state index < -0.39 is 6.61 Å². The van der Waals surface area contributed by atoms with Crippen LogP contribution in [0.25, 0.3) is 0 Å². The molecule has 13 heavy (non-hydrogen) atoms. The van der Waals surface area contributed by atoms with E-state index in [0.29, 0.717) is 5.69 Å². The molecule has 0 saturated heterocycles. The first-order valence-electron chi connectivity index (χ1n) is 3.21. The molecule has 0 atom stereocenters. The van der Waals surface area contributed by atoms with E-state index in [2.05, 4.69) is 32.1 Å². The van der Waals surface area contributed by atoms with Crippen molar-refractivity contribution < 1.29 is 13.5 Å². The molecule has 0 bridgehead atoms. The van der Waals surface area contributed by atoms with Crippen molar-refractivity contribution in [3.63, 3.8) is 0 Å². The van der Waals surface area contributed by atoms with E-state index in [0.717, 1.165) is 0 Å². The summed E-state index contributed by atoms with van der Waals surface area (Å²) < 4.78 is 27.3. The quantitative estimate of drug-likeness (QED) is 0.557. The molecule has 0 aliphatic carbocycles. The average molecular weight is 202 g/mol. The number of isothiocyanates is 1. The van der Waals surface area contributed by atoms with E-state index >= 15 is 0 Å². The van der Waals surface area contributed by atoms with Crippen molar-refractivity contribution in [2.75, 3.05) is 0 Å². The van der Waals surface area contributed by atoms with Crippen LogP contribution in [-0.4, -0.2) is 16.8 Å². The van der Waals surface area contributed by atoms with Crippen LogP contribution in [0.2, 0.25) is 0 Å². The van der Waals surface area contributed by atoms with Crippen LogP contribution in [0, 0.1) is 0 Å². The number of halogens is 2. The first-order valence-corrected chi connectivity index (χ1v) is 3.62. The molecule has 6 heteroatoms. The topological polar surface area (TPSA) is 34.5 Å². The molecule has 0 spiro atoms. The normalized spacial score (nSPS) is 9.46. The van der Waals surface area contributed by atoms with Gasteiger partial charge in [-0.05, 0) is 18.3 Å². The number of nitrogens with zero attached hydrogens (tertiary/aromatic N) is 2. The number of hydrogen-bond acceptors (Lipinski definition) is 4. The van der Waals surface area contributed by atoms with Gasteiger partial charge in [0, 0.05) is 6.07 Å². The second-order valence-electron chi connectivity index (χ2n) is 1.94. The zero-order valence-corrected chi connectivity index (χ0v) is 7.09. The van der Waals surface area contributed by atoms with Gasteiger partial charge in [-0.3, -0.25) is 0 Å². The Hall–Kier alpha value is -1.39. The second kappa shape index (κ2) is 4.59. The van der Waals surface area contributed by atoms with Crippen LogP contribution >= 0.6 is 12.2 Å². The van der Waals surface area contributed by atoms with Gasteiger partial charge >= 0.3 is 6.61 Å². The third-order valence-corrected chi connectivity index (χ3v) is 1.20. The minimum Gasteiger partial charge on any atom is -0.417 e. The van der Waals surface area contributed by atoms with Crippen molar-refractivity contribution in [1.82, 2.24) is 4.98 Å². The van der Waals surface area contributed by atoms with Gasteiger partial charge in [-0.15, -0.1) is 0 Å². The maximum absolute atomic E-state index is 11.7. The van der Waals surface area contributed by atoms with Crippen molar-refractivity contribution in [2.24, 2.45) is 4.99 Å². The third kappa shape index (κ3) is 3.23. The summed E-state index contributed by atoms with van der Waals surface area (Å²) in [5.41, 5.74) is 0.441. The van der Waals surface area contributed by atoms with Crippen LogP contribution in [0.5, 0.6) is 5.88 Å². The first-order chi connectivity index (χ1) is 6.22. The van der Waals surface area contributed by atoms with Gasteiger partial charge in [-0.1, -0.05) is 0 Å². The Morgan fingerprint density at radius 2 is 2.31 bits per heavy atom. The van der Waals surface area contributed by atoms with Crippen molar-refractivity contribution >= 4 is 23.1 Å². The lowest BCUT2D eigenvalue weighted by atomic mass is 10.4. The number of ether oxygens (including phenoxy) is 1. The maximum atomic E-state index is 11.7. The molecule has 0 saturated carbocycles. The standard InChI is InChI=1S/C7H4F2N2OS/c8-7(9)12-6-2-1-5(3-10-6)11-4-13/h1-3,7H. The number of pyridine rings is 1. The second-order valence-corrected chi connectivity index (χ2v) is 2.12. The number of hydrogen-bond donors (Lipinski definition) is 0. The molecular formula is C7H4F2N2OS. The fourth-order valence-electron chi connectivity index (χ4n) is 0.652. The molecule has 1 aromatic heterocycles. The van der Waals surface area contributed by atoms with Crippen molar-refractivity contribution in [1.29, 1.82) is 0 Å². The van der Waals surface area contributed by atoms with Crippen LogP contribution < -0.4 is 4.74 Å². The molecule has 0 aromatic carbocycles. The molecule has 1 heterocycles. The summed E-state index contributed by atoms with van der Waals surface area (Å²) >= 11 is 4.34. The van der Waals surface area contributed by atoms with Crippen molar-refractivity contribution in [3.05, 3.63) is 18.3 Å². The fourth-order valence-corrected chi connectivity index (χ4v) is 0.758. The number of thiocarbonyl (C=S) groups is 1. The Morgan fingerprint density at radius 3 is 2.77 bits per heavy atom. The molecule has 3 nitrogen and oxygen atoms in total. The molecule has 68 valence electrons. The van der Waals surface area contributed by atoms with Gasteiger partial charge < -0.3 is 4.74 Å². The summed E-state index contributed by atoms with van der Waals surface area (Å²) in [7, 11) is 0. The van der Waals surface area contributed by atoms with E-state index in [4.69, 9.17) is 0 Å². The van der Waals surface area contributed by atoms with Crippen LogP contribution in [0.3, 0.4) is 0 Å². The minimum atomic E-state index is -2.87. The van der Waals surface area contributed by atoms with E-state index in [1.54, 1.807) is 0 Å². The van der Waals surface area contributed by atoms with Crippen LogP contribution in [-0.2, 0) is 0 Å². The minimum absolute atomic E-state index is 0.154. The summed E-state index contributed by atoms with van der Waals surface area (Å²) in [5.74, 6) is -0.154. The molecular weight excluding hydrogens is 198 g/mol. The van der Waals surface area contributed by atoms with Crippen LogP contribution in [0.1, 0.15) is 0 Å². The Balaban J connectivity index is 2.75. The maximum Gasteiger partial charge on any atom is 0.388 e. The van der Waals surface area contributed by atoms with Gasteiger partial charge in [0.05, 0.1) is 17.0 Å². The molecule has 0 aliphatic heterocycles. The molecule has 0 aliphatic rings. The zero-order valence-electron chi connectivity index (χ0n) is 6.28. The predicted octanol–water partition coefficient (Wildman–Crippen LogP) is 2.42. The summed E-state index contributed by atoms with van der Waals surface area (Å²) in [6.45, 7) is -2.87. The third-order valence-electron chi connectivity index (χ3n) is 1.11. The SMILES string of the molecule is FC(F)Oc1ccc(N=C=S)cn1. The smallest absolute Gasteiger partial charge is 0.388 e.